The van der Waals surface area contributed by atoms with E-state index in [9.17, 15) is 22.8 Å². The van der Waals surface area contributed by atoms with Gasteiger partial charge in [-0.1, -0.05) is 12.1 Å². The summed E-state index contributed by atoms with van der Waals surface area (Å²) in [7, 11) is -3.94. The first-order valence-corrected chi connectivity index (χ1v) is 10.3. The molecule has 0 spiro atoms. The average molecular weight is 399 g/mol. The zero-order valence-corrected chi connectivity index (χ0v) is 15.6. The number of rotatable bonds is 4. The number of benzene rings is 2. The van der Waals surface area contributed by atoms with Crippen molar-refractivity contribution in [1.29, 1.82) is 0 Å². The number of fused-ring (bicyclic) bond motifs is 2. The first kappa shape index (κ1) is 18.4. The van der Waals surface area contributed by atoms with Crippen molar-refractivity contribution >= 4 is 27.5 Å². The molecule has 2 aromatic carbocycles. The maximum absolute atomic E-state index is 13.0. The lowest BCUT2D eigenvalue weighted by molar-refractivity contribution is -0.139. The lowest BCUT2D eigenvalue weighted by atomic mass is 9.74. The van der Waals surface area contributed by atoms with Crippen LogP contribution >= 0.6 is 0 Å². The highest BCUT2D eigenvalue weighted by atomic mass is 32.2. The largest absolute Gasteiger partial charge is 0.481 e. The van der Waals surface area contributed by atoms with Crippen molar-refractivity contribution in [2.24, 2.45) is 0 Å². The number of hydrogen-bond acceptors (Lipinski definition) is 5. The van der Waals surface area contributed by atoms with Crippen LogP contribution in [-0.4, -0.2) is 36.7 Å². The third-order valence-corrected chi connectivity index (χ3v) is 7.23. The van der Waals surface area contributed by atoms with Gasteiger partial charge in [0.15, 0.2) is 5.78 Å². The molecule has 0 unspecified atom stereocenters. The first-order valence-electron chi connectivity index (χ1n) is 8.81. The van der Waals surface area contributed by atoms with E-state index < -0.39 is 33.0 Å². The molecule has 1 heterocycles. The second-order valence-electron chi connectivity index (χ2n) is 7.20. The SMILES string of the molecule is O=C(O)CC1(NC(=O)c2ccc3c(c2)S(=O)(=O)c2ccccc2C3=O)CCC1. The van der Waals surface area contributed by atoms with Crippen LogP contribution in [0.2, 0.25) is 0 Å². The Kier molecular flexibility index (Phi) is 4.11. The van der Waals surface area contributed by atoms with Crippen molar-refractivity contribution in [2.75, 3.05) is 0 Å². The molecule has 144 valence electrons. The minimum atomic E-state index is -3.94. The molecule has 2 aliphatic rings. The summed E-state index contributed by atoms with van der Waals surface area (Å²) < 4.78 is 25.9. The van der Waals surface area contributed by atoms with Crippen LogP contribution in [0.3, 0.4) is 0 Å². The molecule has 0 saturated heterocycles. The van der Waals surface area contributed by atoms with Crippen LogP contribution in [0.15, 0.2) is 52.3 Å². The first-order chi connectivity index (χ1) is 13.2. The Balaban J connectivity index is 1.71. The Labute approximate surface area is 161 Å². The van der Waals surface area contributed by atoms with E-state index in [-0.39, 0.29) is 32.9 Å². The Morgan fingerprint density at radius 3 is 2.36 bits per heavy atom. The van der Waals surface area contributed by atoms with E-state index in [0.29, 0.717) is 12.8 Å². The number of carbonyl (C=O) groups excluding carboxylic acids is 2. The molecule has 28 heavy (non-hydrogen) atoms. The Morgan fingerprint density at radius 1 is 1.04 bits per heavy atom. The molecule has 2 N–H and O–H groups in total. The van der Waals surface area contributed by atoms with Crippen molar-refractivity contribution in [3.63, 3.8) is 0 Å². The fourth-order valence-corrected chi connectivity index (χ4v) is 5.45. The van der Waals surface area contributed by atoms with Crippen LogP contribution in [0, 0.1) is 0 Å². The maximum Gasteiger partial charge on any atom is 0.305 e. The van der Waals surface area contributed by atoms with E-state index in [1.807, 2.05) is 0 Å². The molecule has 8 heteroatoms. The van der Waals surface area contributed by atoms with Crippen LogP contribution in [0.5, 0.6) is 0 Å². The molecule has 0 bridgehead atoms. The van der Waals surface area contributed by atoms with Crippen molar-refractivity contribution in [3.05, 3.63) is 59.2 Å². The predicted molar refractivity (Wildman–Crippen MR) is 98.1 cm³/mol. The standard InChI is InChI=1S/C20H17NO6S/c22-17(23)11-20(8-3-9-20)21-19(25)12-6-7-14-16(10-12)28(26,27)15-5-2-1-4-13(15)18(14)24/h1-2,4-7,10H,3,8-9,11H2,(H,21,25)(H,22,23). The lowest BCUT2D eigenvalue weighted by Crippen LogP contribution is -2.54. The summed E-state index contributed by atoms with van der Waals surface area (Å²) in [5.74, 6) is -1.96. The van der Waals surface area contributed by atoms with E-state index in [2.05, 4.69) is 5.32 Å². The van der Waals surface area contributed by atoms with Gasteiger partial charge in [-0.2, -0.15) is 0 Å². The summed E-state index contributed by atoms with van der Waals surface area (Å²) in [4.78, 5) is 36.1. The third-order valence-electron chi connectivity index (χ3n) is 5.38. The molecule has 2 aromatic rings. The fraction of sp³-hybridized carbons (Fsp3) is 0.250. The lowest BCUT2D eigenvalue weighted by Gasteiger charge is -2.41. The molecule has 1 fully saturated rings. The predicted octanol–water partition coefficient (Wildman–Crippen LogP) is 2.19. The molecule has 4 rings (SSSR count). The number of aliphatic carboxylic acids is 1. The Bertz CT molecular complexity index is 1130. The zero-order valence-electron chi connectivity index (χ0n) is 14.8. The molecule has 7 nitrogen and oxygen atoms in total. The summed E-state index contributed by atoms with van der Waals surface area (Å²) in [6.45, 7) is 0. The van der Waals surface area contributed by atoms with Crippen LogP contribution in [0.25, 0.3) is 0 Å². The molecule has 0 radical (unpaired) electrons. The van der Waals surface area contributed by atoms with Gasteiger partial charge in [0, 0.05) is 16.7 Å². The van der Waals surface area contributed by atoms with Gasteiger partial charge in [-0.15, -0.1) is 0 Å². The highest BCUT2D eigenvalue weighted by Crippen LogP contribution is 2.37. The van der Waals surface area contributed by atoms with Gasteiger partial charge in [-0.25, -0.2) is 8.42 Å². The third kappa shape index (κ3) is 2.80. The Morgan fingerprint density at radius 2 is 1.71 bits per heavy atom. The molecule has 0 aromatic heterocycles. The second kappa shape index (κ2) is 6.27. The van der Waals surface area contributed by atoms with E-state index in [1.165, 1.54) is 36.4 Å². The van der Waals surface area contributed by atoms with E-state index in [4.69, 9.17) is 5.11 Å². The summed E-state index contributed by atoms with van der Waals surface area (Å²) >= 11 is 0. The maximum atomic E-state index is 13.0. The van der Waals surface area contributed by atoms with Gasteiger partial charge >= 0.3 is 5.97 Å². The van der Waals surface area contributed by atoms with Gasteiger partial charge in [0.25, 0.3) is 5.91 Å². The summed E-state index contributed by atoms with van der Waals surface area (Å²) in [6, 6.07) is 9.89. The van der Waals surface area contributed by atoms with E-state index >= 15 is 0 Å². The number of carbonyl (C=O) groups is 3. The van der Waals surface area contributed by atoms with Crippen LogP contribution in [0.4, 0.5) is 0 Å². The number of hydrogen-bond donors (Lipinski definition) is 2. The zero-order chi connectivity index (χ0) is 20.1. The van der Waals surface area contributed by atoms with Crippen LogP contribution in [0.1, 0.15) is 52.0 Å². The molecule has 1 aliphatic heterocycles. The topological polar surface area (TPSA) is 118 Å². The molecular weight excluding hydrogens is 382 g/mol. The highest BCUT2D eigenvalue weighted by Gasteiger charge is 2.41. The van der Waals surface area contributed by atoms with Gasteiger partial charge in [0.05, 0.1) is 21.8 Å². The van der Waals surface area contributed by atoms with Crippen LogP contribution in [-0.2, 0) is 14.6 Å². The number of sulfone groups is 1. The molecule has 1 amide bonds. The van der Waals surface area contributed by atoms with E-state index in [1.54, 1.807) is 6.07 Å². The quantitative estimate of drug-likeness (QED) is 0.694. The fourth-order valence-electron chi connectivity index (χ4n) is 3.78. The van der Waals surface area contributed by atoms with Crippen molar-refractivity contribution in [1.82, 2.24) is 5.32 Å². The van der Waals surface area contributed by atoms with Gasteiger partial charge in [-0.05, 0) is 49.6 Å². The summed E-state index contributed by atoms with van der Waals surface area (Å²) in [6.07, 6.45) is 1.74. The smallest absolute Gasteiger partial charge is 0.305 e. The Hall–Kier alpha value is -3.00. The normalized spacial score (nSPS) is 18.4. The van der Waals surface area contributed by atoms with Gasteiger partial charge < -0.3 is 10.4 Å². The molecule has 1 aliphatic carbocycles. The number of ketones is 1. The van der Waals surface area contributed by atoms with Gasteiger partial charge in [0.2, 0.25) is 9.84 Å². The second-order valence-corrected chi connectivity index (χ2v) is 9.08. The summed E-state index contributed by atoms with van der Waals surface area (Å²) in [5.41, 5.74) is -0.590. The van der Waals surface area contributed by atoms with Crippen LogP contribution < -0.4 is 5.32 Å². The number of carboxylic acids is 1. The van der Waals surface area contributed by atoms with Crippen molar-refractivity contribution < 1.29 is 27.9 Å². The van der Waals surface area contributed by atoms with Crippen molar-refractivity contribution in [2.45, 2.75) is 41.0 Å². The average Bonchev–Trinajstić information content (AvgIpc) is 2.64. The highest BCUT2D eigenvalue weighted by molar-refractivity contribution is 7.91. The minimum absolute atomic E-state index is 0.0270. The monoisotopic (exact) mass is 399 g/mol. The number of nitrogens with one attached hydrogen (secondary N) is 1. The van der Waals surface area contributed by atoms with Gasteiger partial charge in [-0.3, -0.25) is 14.4 Å². The number of amides is 1. The molecule has 1 saturated carbocycles. The van der Waals surface area contributed by atoms with E-state index in [0.717, 1.165) is 6.42 Å². The molecular formula is C20H17NO6S. The minimum Gasteiger partial charge on any atom is -0.481 e. The summed E-state index contributed by atoms with van der Waals surface area (Å²) in [5, 5.41) is 11.8. The molecule has 0 atom stereocenters. The van der Waals surface area contributed by atoms with Gasteiger partial charge in [0.1, 0.15) is 0 Å². The number of carboxylic acid groups (broad SMARTS) is 1. The van der Waals surface area contributed by atoms with Crippen molar-refractivity contribution in [3.8, 4) is 0 Å².